The molecule has 0 aliphatic carbocycles. The maximum Gasteiger partial charge on any atom is 0.0474 e. The van der Waals surface area contributed by atoms with Gasteiger partial charge >= 0.3 is 0 Å². The molecular weight excluding hydrogens is 138 g/mol. The van der Waals surface area contributed by atoms with Gasteiger partial charge in [-0.05, 0) is 25.7 Å². The number of hydrogen-bond acceptors (Lipinski definition) is 2. The lowest BCUT2D eigenvalue weighted by molar-refractivity contribution is 0.199. The van der Waals surface area contributed by atoms with E-state index in [4.69, 9.17) is 5.11 Å². The van der Waals surface area contributed by atoms with Crippen LogP contribution in [0.15, 0.2) is 0 Å². The predicted octanol–water partition coefficient (Wildman–Crippen LogP) is 0.955. The van der Waals surface area contributed by atoms with Crippen molar-refractivity contribution in [1.29, 1.82) is 0 Å². The highest BCUT2D eigenvalue weighted by atomic mass is 16.3. The predicted molar refractivity (Wildman–Crippen MR) is 46.4 cm³/mol. The van der Waals surface area contributed by atoms with E-state index in [9.17, 15) is 0 Å². The Kier molecular flexibility index (Phi) is 2.90. The molecule has 0 unspecified atom stereocenters. The Morgan fingerprint density at radius 2 is 2.09 bits per heavy atom. The van der Waals surface area contributed by atoms with E-state index in [-0.39, 0.29) is 0 Å². The van der Waals surface area contributed by atoms with Crippen molar-refractivity contribution in [2.45, 2.75) is 26.8 Å². The lowest BCUT2D eigenvalue weighted by Crippen LogP contribution is -2.28. The average molecular weight is 157 g/mol. The van der Waals surface area contributed by atoms with Crippen molar-refractivity contribution >= 4 is 0 Å². The topological polar surface area (TPSA) is 23.5 Å². The molecule has 0 amide bonds. The summed E-state index contributed by atoms with van der Waals surface area (Å²) in [6.45, 7) is 9.24. The fourth-order valence-electron chi connectivity index (χ4n) is 1.73. The van der Waals surface area contributed by atoms with Crippen molar-refractivity contribution in [3.05, 3.63) is 0 Å². The van der Waals surface area contributed by atoms with Crippen LogP contribution in [0.4, 0.5) is 0 Å². The van der Waals surface area contributed by atoms with Gasteiger partial charge in [-0.3, -0.25) is 0 Å². The summed E-state index contributed by atoms with van der Waals surface area (Å²) >= 11 is 0. The van der Waals surface area contributed by atoms with Crippen molar-refractivity contribution in [3.8, 4) is 0 Å². The average Bonchev–Trinajstić information content (AvgIpc) is 2.31. The van der Waals surface area contributed by atoms with Crippen LogP contribution in [0.1, 0.15) is 20.8 Å². The summed E-state index contributed by atoms with van der Waals surface area (Å²) in [6.07, 6.45) is 0. The van der Waals surface area contributed by atoms with Crippen molar-refractivity contribution < 1.29 is 5.11 Å². The maximum absolute atomic E-state index is 9.01. The van der Waals surface area contributed by atoms with Crippen LogP contribution in [0.5, 0.6) is 0 Å². The fourth-order valence-corrected chi connectivity index (χ4v) is 1.73. The van der Waals surface area contributed by atoms with Crippen LogP contribution in [0.2, 0.25) is 0 Å². The Balaban J connectivity index is 2.43. The molecule has 1 heterocycles. The van der Waals surface area contributed by atoms with Crippen LogP contribution in [0, 0.1) is 11.8 Å². The van der Waals surface area contributed by atoms with E-state index in [1.54, 1.807) is 0 Å². The van der Waals surface area contributed by atoms with Gasteiger partial charge in [0.25, 0.3) is 0 Å². The molecule has 0 aromatic rings. The Bertz CT molecular complexity index is 125. The van der Waals surface area contributed by atoms with Crippen molar-refractivity contribution in [3.63, 3.8) is 0 Å². The highest BCUT2D eigenvalue weighted by Crippen LogP contribution is 2.23. The summed E-state index contributed by atoms with van der Waals surface area (Å²) < 4.78 is 0. The van der Waals surface area contributed by atoms with E-state index < -0.39 is 0 Å². The van der Waals surface area contributed by atoms with Gasteiger partial charge in [-0.25, -0.2) is 0 Å². The second-order valence-corrected chi connectivity index (χ2v) is 3.97. The minimum Gasteiger partial charge on any atom is -0.396 e. The molecule has 1 N–H and O–H groups in total. The first-order chi connectivity index (χ1) is 5.15. The first kappa shape index (κ1) is 9.01. The molecule has 11 heavy (non-hydrogen) atoms. The van der Waals surface area contributed by atoms with Crippen LogP contribution in [-0.2, 0) is 0 Å². The Labute approximate surface area is 69.2 Å². The lowest BCUT2D eigenvalue weighted by Gasteiger charge is -2.19. The molecule has 0 aromatic carbocycles. The van der Waals surface area contributed by atoms with Gasteiger partial charge in [0.05, 0.1) is 0 Å². The number of nitrogens with zero attached hydrogens (tertiary/aromatic N) is 1. The van der Waals surface area contributed by atoms with Gasteiger partial charge in [0.15, 0.2) is 0 Å². The van der Waals surface area contributed by atoms with Gasteiger partial charge in [-0.15, -0.1) is 0 Å². The molecule has 1 fully saturated rings. The SMILES string of the molecule is CC(C)N1C[C@@H](CO)[C@@H](C)C1. The van der Waals surface area contributed by atoms with Crippen LogP contribution < -0.4 is 0 Å². The summed E-state index contributed by atoms with van der Waals surface area (Å²) in [5.74, 6) is 1.18. The number of rotatable bonds is 2. The standard InChI is InChI=1S/C9H19NO/c1-7(2)10-4-8(3)9(5-10)6-11/h7-9,11H,4-6H2,1-3H3/t8-,9-/m0/s1. The normalized spacial score (nSPS) is 33.5. The summed E-state index contributed by atoms with van der Waals surface area (Å²) in [6, 6.07) is 0.633. The molecule has 1 saturated heterocycles. The monoisotopic (exact) mass is 157 g/mol. The number of hydrogen-bond donors (Lipinski definition) is 1. The molecule has 1 aliphatic rings. The van der Waals surface area contributed by atoms with Crippen LogP contribution >= 0.6 is 0 Å². The van der Waals surface area contributed by atoms with E-state index in [2.05, 4.69) is 25.7 Å². The molecule has 0 aromatic heterocycles. The van der Waals surface area contributed by atoms with E-state index in [1.165, 1.54) is 0 Å². The number of aliphatic hydroxyl groups is 1. The fraction of sp³-hybridized carbons (Fsp3) is 1.00. The van der Waals surface area contributed by atoms with E-state index in [1.807, 2.05) is 0 Å². The summed E-state index contributed by atoms with van der Waals surface area (Å²) in [5, 5.41) is 9.01. The smallest absolute Gasteiger partial charge is 0.0474 e. The van der Waals surface area contributed by atoms with Crippen molar-refractivity contribution in [1.82, 2.24) is 4.90 Å². The zero-order chi connectivity index (χ0) is 8.43. The lowest BCUT2D eigenvalue weighted by atomic mass is 10.00. The minimum absolute atomic E-state index is 0.352. The quantitative estimate of drug-likeness (QED) is 0.645. The van der Waals surface area contributed by atoms with Gasteiger partial charge < -0.3 is 10.0 Å². The second kappa shape index (κ2) is 3.55. The van der Waals surface area contributed by atoms with E-state index in [0.29, 0.717) is 24.5 Å². The van der Waals surface area contributed by atoms with Gasteiger partial charge in [-0.1, -0.05) is 6.92 Å². The molecule has 1 rings (SSSR count). The summed E-state index contributed by atoms with van der Waals surface area (Å²) in [7, 11) is 0. The molecule has 1 aliphatic heterocycles. The molecule has 2 heteroatoms. The number of aliphatic hydroxyl groups excluding tert-OH is 1. The first-order valence-electron chi connectivity index (χ1n) is 4.50. The zero-order valence-electron chi connectivity index (χ0n) is 7.75. The zero-order valence-corrected chi connectivity index (χ0v) is 7.75. The van der Waals surface area contributed by atoms with Gasteiger partial charge in [0.1, 0.15) is 0 Å². The molecule has 0 spiro atoms. The maximum atomic E-state index is 9.01. The van der Waals surface area contributed by atoms with Crippen molar-refractivity contribution in [2.24, 2.45) is 11.8 Å². The molecule has 66 valence electrons. The first-order valence-corrected chi connectivity index (χ1v) is 4.50. The van der Waals surface area contributed by atoms with Gasteiger partial charge in [0.2, 0.25) is 0 Å². The molecule has 0 radical (unpaired) electrons. The highest BCUT2D eigenvalue weighted by molar-refractivity contribution is 4.82. The molecule has 2 nitrogen and oxygen atoms in total. The highest BCUT2D eigenvalue weighted by Gasteiger charge is 2.29. The van der Waals surface area contributed by atoms with E-state index >= 15 is 0 Å². The van der Waals surface area contributed by atoms with Crippen LogP contribution in [-0.4, -0.2) is 35.7 Å². The van der Waals surface area contributed by atoms with Gasteiger partial charge in [-0.2, -0.15) is 0 Å². The Morgan fingerprint density at radius 1 is 1.45 bits per heavy atom. The molecule has 0 saturated carbocycles. The number of likely N-dealkylation sites (tertiary alicyclic amines) is 1. The van der Waals surface area contributed by atoms with E-state index in [0.717, 1.165) is 13.1 Å². The minimum atomic E-state index is 0.352. The molecule has 2 atom stereocenters. The van der Waals surface area contributed by atoms with Gasteiger partial charge in [0, 0.05) is 25.7 Å². The van der Waals surface area contributed by atoms with Crippen LogP contribution in [0.25, 0.3) is 0 Å². The molecular formula is C9H19NO. The largest absolute Gasteiger partial charge is 0.396 e. The Hall–Kier alpha value is -0.0800. The third-order valence-corrected chi connectivity index (χ3v) is 2.76. The third-order valence-electron chi connectivity index (χ3n) is 2.76. The second-order valence-electron chi connectivity index (χ2n) is 3.97. The summed E-state index contributed by atoms with van der Waals surface area (Å²) in [4.78, 5) is 2.44. The van der Waals surface area contributed by atoms with Crippen molar-refractivity contribution in [2.75, 3.05) is 19.7 Å². The Morgan fingerprint density at radius 3 is 2.36 bits per heavy atom. The summed E-state index contributed by atoms with van der Waals surface area (Å²) in [5.41, 5.74) is 0. The van der Waals surface area contributed by atoms with Crippen LogP contribution in [0.3, 0.4) is 0 Å². The third kappa shape index (κ3) is 1.94. The molecule has 0 bridgehead atoms.